The van der Waals surface area contributed by atoms with Gasteiger partial charge in [0.2, 0.25) is 0 Å². The first-order chi connectivity index (χ1) is 12.3. The summed E-state index contributed by atoms with van der Waals surface area (Å²) in [5.74, 6) is -0.715. The van der Waals surface area contributed by atoms with Gasteiger partial charge in [0.1, 0.15) is 11.9 Å². The van der Waals surface area contributed by atoms with Crippen LogP contribution in [0.3, 0.4) is 0 Å². The zero-order valence-corrected chi connectivity index (χ0v) is 14.5. The molecule has 0 aliphatic carbocycles. The number of hydrogen-bond donors (Lipinski definition) is 0. The summed E-state index contributed by atoms with van der Waals surface area (Å²) in [7, 11) is 0. The second-order valence-electron chi connectivity index (χ2n) is 6.67. The molecule has 0 unspecified atom stereocenters. The van der Waals surface area contributed by atoms with E-state index in [1.165, 1.54) is 12.3 Å². The smallest absolute Gasteiger partial charge is 0.410 e. The van der Waals surface area contributed by atoms with Crippen LogP contribution in [0.2, 0.25) is 0 Å². The molecule has 1 fully saturated rings. The number of carbonyl (C=O) groups is 1. The molecule has 2 heterocycles. The SMILES string of the molecule is CC(C)[C@@H]1CN(Cc2cncc(-c3ccc(F)c(C(F)F)c3)c2)C(=O)O1. The lowest BCUT2D eigenvalue weighted by molar-refractivity contribution is 0.112. The van der Waals surface area contributed by atoms with Crippen LogP contribution >= 0.6 is 0 Å². The lowest BCUT2D eigenvalue weighted by atomic mass is 10.0. The number of pyridine rings is 1. The normalized spacial score (nSPS) is 17.3. The number of ether oxygens (including phenoxy) is 1. The molecule has 138 valence electrons. The first-order valence-corrected chi connectivity index (χ1v) is 8.32. The third kappa shape index (κ3) is 3.81. The average molecular weight is 364 g/mol. The molecule has 0 saturated carbocycles. The van der Waals surface area contributed by atoms with Crippen molar-refractivity contribution in [2.24, 2.45) is 5.92 Å². The highest BCUT2D eigenvalue weighted by molar-refractivity contribution is 5.70. The molecule has 1 atom stereocenters. The zero-order valence-electron chi connectivity index (χ0n) is 14.5. The number of rotatable bonds is 5. The third-order valence-electron chi connectivity index (χ3n) is 4.39. The molecule has 4 nitrogen and oxygen atoms in total. The van der Waals surface area contributed by atoms with E-state index in [0.29, 0.717) is 24.2 Å². The average Bonchev–Trinajstić information content (AvgIpc) is 2.96. The highest BCUT2D eigenvalue weighted by Gasteiger charge is 2.33. The molecule has 1 aromatic carbocycles. The van der Waals surface area contributed by atoms with Crippen molar-refractivity contribution in [1.29, 1.82) is 0 Å². The molecule has 0 spiro atoms. The van der Waals surface area contributed by atoms with Gasteiger partial charge in [0.25, 0.3) is 6.43 Å². The van der Waals surface area contributed by atoms with Gasteiger partial charge in [-0.15, -0.1) is 0 Å². The first-order valence-electron chi connectivity index (χ1n) is 8.32. The fourth-order valence-corrected chi connectivity index (χ4v) is 2.85. The van der Waals surface area contributed by atoms with E-state index < -0.39 is 17.8 Å². The number of halogens is 3. The van der Waals surface area contributed by atoms with E-state index in [-0.39, 0.29) is 18.1 Å². The Bertz CT molecular complexity index is 811. The van der Waals surface area contributed by atoms with Gasteiger partial charge in [-0.25, -0.2) is 18.0 Å². The number of hydrogen-bond acceptors (Lipinski definition) is 3. The molecule has 3 rings (SSSR count). The predicted molar refractivity (Wildman–Crippen MR) is 90.1 cm³/mol. The predicted octanol–water partition coefficient (Wildman–Crippen LogP) is 4.80. The Labute approximate surface area is 149 Å². The number of amides is 1. The molecule has 7 heteroatoms. The summed E-state index contributed by atoms with van der Waals surface area (Å²) in [6, 6.07) is 5.33. The summed E-state index contributed by atoms with van der Waals surface area (Å²) in [6.45, 7) is 4.77. The quantitative estimate of drug-likeness (QED) is 0.765. The van der Waals surface area contributed by atoms with E-state index in [1.54, 1.807) is 17.2 Å². The van der Waals surface area contributed by atoms with E-state index in [2.05, 4.69) is 4.98 Å². The summed E-state index contributed by atoms with van der Waals surface area (Å²) in [6.07, 6.45) is -0.291. The zero-order chi connectivity index (χ0) is 18.8. The molecular weight excluding hydrogens is 345 g/mol. The molecule has 1 saturated heterocycles. The maximum Gasteiger partial charge on any atom is 0.410 e. The molecular formula is C19H19F3N2O2. The minimum absolute atomic E-state index is 0.149. The summed E-state index contributed by atoms with van der Waals surface area (Å²) in [5.41, 5.74) is 1.13. The molecule has 1 aliphatic rings. The van der Waals surface area contributed by atoms with E-state index >= 15 is 0 Å². The van der Waals surface area contributed by atoms with Gasteiger partial charge in [0.15, 0.2) is 0 Å². The minimum atomic E-state index is -2.89. The van der Waals surface area contributed by atoms with Crippen LogP contribution in [0.25, 0.3) is 11.1 Å². The second kappa shape index (κ2) is 7.35. The summed E-state index contributed by atoms with van der Waals surface area (Å²) in [4.78, 5) is 17.7. The van der Waals surface area contributed by atoms with Crippen molar-refractivity contribution in [2.45, 2.75) is 32.9 Å². The van der Waals surface area contributed by atoms with Gasteiger partial charge < -0.3 is 9.64 Å². The standard InChI is InChI=1S/C19H19F3N2O2/c1-11(2)17-10-24(19(25)26-17)9-12-5-14(8-23-7-12)13-3-4-16(20)15(6-13)18(21)22/h3-8,11,17-18H,9-10H2,1-2H3/t17-/m0/s1. The Morgan fingerprint density at radius 2 is 2.00 bits per heavy atom. The van der Waals surface area contributed by atoms with Crippen molar-refractivity contribution in [1.82, 2.24) is 9.88 Å². The topological polar surface area (TPSA) is 42.4 Å². The van der Waals surface area contributed by atoms with Crippen molar-refractivity contribution in [3.8, 4) is 11.1 Å². The molecule has 1 aliphatic heterocycles. The molecule has 1 amide bonds. The second-order valence-corrected chi connectivity index (χ2v) is 6.67. The number of benzene rings is 1. The van der Waals surface area contributed by atoms with Crippen molar-refractivity contribution >= 4 is 6.09 Å². The maximum atomic E-state index is 13.5. The Hall–Kier alpha value is -2.57. The maximum absolute atomic E-state index is 13.5. The van der Waals surface area contributed by atoms with Crippen LogP contribution in [0, 0.1) is 11.7 Å². The van der Waals surface area contributed by atoms with Crippen LogP contribution in [-0.2, 0) is 11.3 Å². The molecule has 26 heavy (non-hydrogen) atoms. The lowest BCUT2D eigenvalue weighted by Crippen LogP contribution is -2.26. The van der Waals surface area contributed by atoms with Crippen LogP contribution in [-0.4, -0.2) is 28.6 Å². The van der Waals surface area contributed by atoms with E-state index in [9.17, 15) is 18.0 Å². The van der Waals surface area contributed by atoms with Crippen molar-refractivity contribution in [3.63, 3.8) is 0 Å². The largest absolute Gasteiger partial charge is 0.444 e. The van der Waals surface area contributed by atoms with E-state index in [0.717, 1.165) is 17.7 Å². The van der Waals surface area contributed by atoms with Gasteiger partial charge in [0.05, 0.1) is 18.7 Å². The minimum Gasteiger partial charge on any atom is -0.444 e. The fourth-order valence-electron chi connectivity index (χ4n) is 2.85. The molecule has 2 aromatic rings. The number of nitrogens with zero attached hydrogens (tertiary/aromatic N) is 2. The van der Waals surface area contributed by atoms with Gasteiger partial charge >= 0.3 is 6.09 Å². The molecule has 0 N–H and O–H groups in total. The lowest BCUT2D eigenvalue weighted by Gasteiger charge is -2.14. The van der Waals surface area contributed by atoms with Crippen molar-refractivity contribution in [2.75, 3.05) is 6.54 Å². The Kier molecular flexibility index (Phi) is 5.15. The number of carbonyl (C=O) groups excluding carboxylic acids is 1. The van der Waals surface area contributed by atoms with Gasteiger partial charge in [-0.2, -0.15) is 0 Å². The Balaban J connectivity index is 1.81. The molecule has 0 radical (unpaired) electrons. The van der Waals surface area contributed by atoms with Crippen LogP contribution in [0.5, 0.6) is 0 Å². The van der Waals surface area contributed by atoms with Crippen LogP contribution in [0.4, 0.5) is 18.0 Å². The van der Waals surface area contributed by atoms with Gasteiger partial charge in [-0.1, -0.05) is 19.9 Å². The van der Waals surface area contributed by atoms with Crippen LogP contribution in [0.1, 0.15) is 31.4 Å². The number of aromatic nitrogens is 1. The number of alkyl halides is 2. The monoisotopic (exact) mass is 364 g/mol. The Morgan fingerprint density at radius 3 is 2.65 bits per heavy atom. The van der Waals surface area contributed by atoms with Crippen LogP contribution < -0.4 is 0 Å². The van der Waals surface area contributed by atoms with E-state index in [1.807, 2.05) is 13.8 Å². The number of cyclic esters (lactones) is 1. The first kappa shape index (κ1) is 18.2. The Morgan fingerprint density at radius 1 is 1.23 bits per heavy atom. The van der Waals surface area contributed by atoms with Crippen molar-refractivity contribution in [3.05, 3.63) is 53.6 Å². The van der Waals surface area contributed by atoms with E-state index in [4.69, 9.17) is 4.74 Å². The summed E-state index contributed by atoms with van der Waals surface area (Å²) < 4.78 is 44.6. The van der Waals surface area contributed by atoms with Gasteiger partial charge in [0, 0.05) is 18.0 Å². The highest BCUT2D eigenvalue weighted by atomic mass is 19.3. The van der Waals surface area contributed by atoms with Crippen molar-refractivity contribution < 1.29 is 22.7 Å². The summed E-state index contributed by atoms with van der Waals surface area (Å²) in [5, 5.41) is 0. The van der Waals surface area contributed by atoms with Gasteiger partial charge in [-0.3, -0.25) is 4.98 Å². The molecule has 0 bridgehead atoms. The third-order valence-corrected chi connectivity index (χ3v) is 4.39. The van der Waals surface area contributed by atoms with Gasteiger partial charge in [-0.05, 0) is 35.2 Å². The summed E-state index contributed by atoms with van der Waals surface area (Å²) >= 11 is 0. The highest BCUT2D eigenvalue weighted by Crippen LogP contribution is 2.28. The molecule has 1 aromatic heterocycles. The fraction of sp³-hybridized carbons (Fsp3) is 0.368. The van der Waals surface area contributed by atoms with Crippen LogP contribution in [0.15, 0.2) is 36.7 Å².